The van der Waals surface area contributed by atoms with E-state index in [1.165, 1.54) is 0 Å². The molecule has 0 saturated carbocycles. The van der Waals surface area contributed by atoms with Gasteiger partial charge in [-0.15, -0.1) is 0 Å². The number of alkyl carbamates (subject to hydrolysis) is 1. The maximum atomic E-state index is 14.0. The third-order valence-corrected chi connectivity index (χ3v) is 8.27. The number of nitrogens with one attached hydrogen (secondary N) is 4. The van der Waals surface area contributed by atoms with Crippen molar-refractivity contribution in [2.75, 3.05) is 6.61 Å². The van der Waals surface area contributed by atoms with Gasteiger partial charge in [-0.05, 0) is 76.3 Å². The largest absolute Gasteiger partial charge is 0.444 e. The zero-order valence-corrected chi connectivity index (χ0v) is 30.8. The molecule has 0 radical (unpaired) electrons. The molecule has 274 valence electrons. The molecule has 50 heavy (non-hydrogen) atoms. The van der Waals surface area contributed by atoms with Crippen LogP contribution in [0.2, 0.25) is 0 Å². The van der Waals surface area contributed by atoms with Crippen LogP contribution in [0.4, 0.5) is 4.79 Å². The summed E-state index contributed by atoms with van der Waals surface area (Å²) in [6, 6.07) is 15.0. The van der Waals surface area contributed by atoms with Crippen molar-refractivity contribution in [3.05, 3.63) is 71.8 Å². The first kappa shape index (κ1) is 40.2. The molecule has 2 aromatic carbocycles. The minimum Gasteiger partial charge on any atom is -0.444 e. The van der Waals surface area contributed by atoms with Crippen LogP contribution in [-0.2, 0) is 41.5 Å². The van der Waals surface area contributed by atoms with E-state index in [9.17, 15) is 24.0 Å². The Bertz CT molecular complexity index is 1440. The molecule has 1 heterocycles. The number of ether oxygens (including phenoxy) is 2. The number of ketones is 1. The van der Waals surface area contributed by atoms with Gasteiger partial charge in [-0.3, -0.25) is 19.2 Å². The van der Waals surface area contributed by atoms with Crippen molar-refractivity contribution in [1.29, 1.82) is 0 Å². The van der Waals surface area contributed by atoms with Gasteiger partial charge in [0, 0.05) is 6.42 Å². The predicted molar refractivity (Wildman–Crippen MR) is 192 cm³/mol. The van der Waals surface area contributed by atoms with Gasteiger partial charge in [0.1, 0.15) is 29.3 Å². The summed E-state index contributed by atoms with van der Waals surface area (Å²) in [5.41, 5.74) is 0.0894. The number of carbonyl (C=O) groups excluding carboxylic acids is 5. The first-order chi connectivity index (χ1) is 23.5. The summed E-state index contributed by atoms with van der Waals surface area (Å²) in [5, 5.41) is 11.3. The van der Waals surface area contributed by atoms with E-state index >= 15 is 0 Å². The van der Waals surface area contributed by atoms with Crippen LogP contribution in [0, 0.1) is 11.8 Å². The molecule has 0 aliphatic carbocycles. The zero-order valence-electron chi connectivity index (χ0n) is 30.8. The number of Topliss-reactive ketones (excluding diaryl/α,β-unsaturated/α-hetero) is 1. The highest BCUT2D eigenvalue weighted by Crippen LogP contribution is 2.29. The van der Waals surface area contributed by atoms with Gasteiger partial charge in [-0.1, -0.05) is 88.4 Å². The normalized spacial score (nSPS) is 18.0. The maximum Gasteiger partial charge on any atom is 0.408 e. The van der Waals surface area contributed by atoms with Gasteiger partial charge < -0.3 is 30.7 Å². The van der Waals surface area contributed by atoms with Crippen LogP contribution in [0.25, 0.3) is 0 Å². The second-order valence-electron chi connectivity index (χ2n) is 15.2. The molecule has 4 amide bonds. The summed E-state index contributed by atoms with van der Waals surface area (Å²) in [6.45, 7) is 15.0. The summed E-state index contributed by atoms with van der Waals surface area (Å²) < 4.78 is 10.8. The number of carbonyl (C=O) groups is 5. The van der Waals surface area contributed by atoms with E-state index in [2.05, 4.69) is 21.3 Å². The Kier molecular flexibility index (Phi) is 14.6. The number of aryl methyl sites for hydroxylation is 1. The molecule has 0 spiro atoms. The van der Waals surface area contributed by atoms with E-state index < -0.39 is 59.2 Å². The highest BCUT2D eigenvalue weighted by Gasteiger charge is 2.50. The van der Waals surface area contributed by atoms with Crippen LogP contribution >= 0.6 is 0 Å². The van der Waals surface area contributed by atoms with Crippen molar-refractivity contribution >= 4 is 29.6 Å². The summed E-state index contributed by atoms with van der Waals surface area (Å²) >= 11 is 0. The Labute approximate surface area is 297 Å². The highest BCUT2D eigenvalue weighted by molar-refractivity contribution is 5.98. The van der Waals surface area contributed by atoms with Gasteiger partial charge in [0.15, 0.2) is 5.78 Å². The molecule has 11 heteroatoms. The van der Waals surface area contributed by atoms with Crippen LogP contribution in [0.5, 0.6) is 0 Å². The molecular weight excluding hydrogens is 636 g/mol. The highest BCUT2D eigenvalue weighted by atomic mass is 16.6. The third kappa shape index (κ3) is 13.6. The van der Waals surface area contributed by atoms with Crippen molar-refractivity contribution in [3.63, 3.8) is 0 Å². The van der Waals surface area contributed by atoms with Crippen molar-refractivity contribution in [2.45, 2.75) is 123 Å². The van der Waals surface area contributed by atoms with E-state index in [-0.39, 0.29) is 36.9 Å². The van der Waals surface area contributed by atoms with Gasteiger partial charge in [-0.2, -0.15) is 0 Å². The lowest BCUT2D eigenvalue weighted by molar-refractivity contribution is -0.134. The Hall–Kier alpha value is -4.25. The first-order valence-electron chi connectivity index (χ1n) is 17.6. The molecule has 0 aromatic heterocycles. The second-order valence-corrected chi connectivity index (χ2v) is 15.2. The SMILES string of the molecule is CC(C)C[C@H](NC(=O)[C@@H](CCc1ccccc1)NC(=O)OC(C)(C)C)C(=O)N[C@H](Cc1ccccc1)C(=O)N[C@@H](CC(C)C)C(=O)[C@@]1(C)CO1. The van der Waals surface area contributed by atoms with Gasteiger partial charge in [0.25, 0.3) is 0 Å². The van der Waals surface area contributed by atoms with Gasteiger partial charge in [0.05, 0.1) is 12.6 Å². The smallest absolute Gasteiger partial charge is 0.408 e. The van der Waals surface area contributed by atoms with Crippen molar-refractivity contribution in [3.8, 4) is 0 Å². The summed E-state index contributed by atoms with van der Waals surface area (Å²) in [5.74, 6) is -1.69. The molecule has 1 aliphatic rings. The number of benzene rings is 2. The molecule has 1 fully saturated rings. The number of epoxide rings is 1. The molecule has 3 rings (SSSR count). The van der Waals surface area contributed by atoms with E-state index in [0.717, 1.165) is 11.1 Å². The standard InChI is InChI=1S/C39H56N4O7/c1-25(2)21-30(33(44)39(8)24-49-39)40-36(47)32(23-28-17-13-10-14-18-28)42-35(46)31(22-26(3)4)41-34(45)29(43-37(48)50-38(5,6)7)20-19-27-15-11-9-12-16-27/h9-18,25-26,29-32H,19-24H2,1-8H3,(H,40,47)(H,41,45)(H,42,46)(H,43,48)/t29-,30+,31+,32-,39-/m1/s1. The quantitative estimate of drug-likeness (QED) is 0.166. The molecule has 11 nitrogen and oxygen atoms in total. The van der Waals surface area contributed by atoms with Gasteiger partial charge >= 0.3 is 6.09 Å². The van der Waals surface area contributed by atoms with Crippen LogP contribution in [0.1, 0.15) is 85.8 Å². The molecule has 4 N–H and O–H groups in total. The summed E-state index contributed by atoms with van der Waals surface area (Å²) in [6.07, 6.45) is 0.867. The van der Waals surface area contributed by atoms with Crippen LogP contribution in [0.3, 0.4) is 0 Å². The fraction of sp³-hybridized carbons (Fsp3) is 0.564. The molecule has 1 saturated heterocycles. The van der Waals surface area contributed by atoms with Gasteiger partial charge in [-0.25, -0.2) is 4.79 Å². The molecule has 0 bridgehead atoms. The third-order valence-electron chi connectivity index (χ3n) is 8.27. The van der Waals surface area contributed by atoms with Crippen molar-refractivity contribution < 1.29 is 33.4 Å². The van der Waals surface area contributed by atoms with Crippen molar-refractivity contribution in [1.82, 2.24) is 21.3 Å². The zero-order chi connectivity index (χ0) is 37.1. The molecule has 5 atom stereocenters. The fourth-order valence-electron chi connectivity index (χ4n) is 5.58. The van der Waals surface area contributed by atoms with E-state index in [4.69, 9.17) is 9.47 Å². The lowest BCUT2D eigenvalue weighted by Gasteiger charge is -2.28. The Morgan fingerprint density at radius 2 is 1.16 bits per heavy atom. The Morgan fingerprint density at radius 1 is 0.700 bits per heavy atom. The maximum absolute atomic E-state index is 14.0. The molecular formula is C39H56N4O7. The van der Waals surface area contributed by atoms with Gasteiger partial charge in [0.2, 0.25) is 17.7 Å². The minimum atomic E-state index is -1.04. The van der Waals surface area contributed by atoms with Crippen LogP contribution in [0.15, 0.2) is 60.7 Å². The predicted octanol–water partition coefficient (Wildman–Crippen LogP) is 4.66. The number of hydrogen-bond donors (Lipinski definition) is 4. The topological polar surface area (TPSA) is 155 Å². The molecule has 2 aromatic rings. The summed E-state index contributed by atoms with van der Waals surface area (Å²) in [7, 11) is 0. The number of amides is 4. The number of hydrogen-bond acceptors (Lipinski definition) is 7. The van der Waals surface area contributed by atoms with E-state index in [0.29, 0.717) is 19.4 Å². The Morgan fingerprint density at radius 3 is 1.68 bits per heavy atom. The van der Waals surface area contributed by atoms with Crippen molar-refractivity contribution in [2.24, 2.45) is 11.8 Å². The van der Waals surface area contributed by atoms with Crippen LogP contribution in [-0.4, -0.2) is 71.6 Å². The fourth-order valence-corrected chi connectivity index (χ4v) is 5.58. The Balaban J connectivity index is 1.83. The second kappa shape index (κ2) is 18.1. The first-order valence-corrected chi connectivity index (χ1v) is 17.6. The van der Waals surface area contributed by atoms with Crippen LogP contribution < -0.4 is 21.3 Å². The lowest BCUT2D eigenvalue weighted by Crippen LogP contribution is -2.59. The average Bonchev–Trinajstić information content (AvgIpc) is 3.79. The number of rotatable bonds is 18. The average molecular weight is 693 g/mol. The molecule has 0 unspecified atom stereocenters. The summed E-state index contributed by atoms with van der Waals surface area (Å²) in [4.78, 5) is 67.8. The lowest BCUT2D eigenvalue weighted by atomic mass is 9.93. The van der Waals surface area contributed by atoms with E-state index in [1.54, 1.807) is 27.7 Å². The molecule has 1 aliphatic heterocycles. The minimum absolute atomic E-state index is 0.00126. The monoisotopic (exact) mass is 692 g/mol. The van der Waals surface area contributed by atoms with E-state index in [1.807, 2.05) is 88.4 Å².